The van der Waals surface area contributed by atoms with Crippen LogP contribution in [0.2, 0.25) is 0 Å². The molecule has 4 nitrogen and oxygen atoms in total. The molecule has 4 N–H and O–H groups in total. The van der Waals surface area contributed by atoms with Gasteiger partial charge < -0.3 is 15.9 Å². The second kappa shape index (κ2) is 3.90. The molecule has 0 aliphatic carbocycles. The van der Waals surface area contributed by atoms with Crippen molar-refractivity contribution in [3.05, 3.63) is 29.8 Å². The number of carbonyl (C=O) groups is 1. The van der Waals surface area contributed by atoms with Gasteiger partial charge in [-0.1, -0.05) is 12.1 Å². The molecule has 0 radical (unpaired) electrons. The summed E-state index contributed by atoms with van der Waals surface area (Å²) in [4.78, 5) is 10.9. The second-order valence-corrected chi connectivity index (χ2v) is 4.10. The number of carboxylic acids is 1. The Balaban J connectivity index is 2.99. The van der Waals surface area contributed by atoms with Gasteiger partial charge in [-0.3, -0.25) is 4.79 Å². The molecule has 1 atom stereocenters. The molecule has 82 valence electrons. The second-order valence-electron chi connectivity index (χ2n) is 4.10. The van der Waals surface area contributed by atoms with E-state index < -0.39 is 17.5 Å². The number of aliphatic carboxylic acids is 1. The average Bonchev–Trinajstić information content (AvgIpc) is 2.17. The minimum atomic E-state index is -1.21. The lowest BCUT2D eigenvalue weighted by Crippen LogP contribution is -2.31. The van der Waals surface area contributed by atoms with E-state index in [0.717, 1.165) is 0 Å². The molecule has 0 spiro atoms. The standard InChI is InChI=1S/C11H15NO3/c1-11(2,10(14)15)9(13)7-3-5-8(12)6-4-7/h3-6,9,13H,12H2,1-2H3,(H,14,15). The molecule has 0 saturated heterocycles. The van der Waals surface area contributed by atoms with Crippen molar-refractivity contribution in [2.75, 3.05) is 5.73 Å². The van der Waals surface area contributed by atoms with Gasteiger partial charge in [0, 0.05) is 5.69 Å². The minimum absolute atomic E-state index is 0.552. The summed E-state index contributed by atoms with van der Waals surface area (Å²) in [5.41, 5.74) is 5.42. The number of nitrogens with two attached hydrogens (primary N) is 1. The predicted molar refractivity (Wildman–Crippen MR) is 57.2 cm³/mol. The third-order valence-corrected chi connectivity index (χ3v) is 2.49. The smallest absolute Gasteiger partial charge is 0.312 e. The summed E-state index contributed by atoms with van der Waals surface area (Å²) < 4.78 is 0. The Labute approximate surface area is 88.3 Å². The molecule has 0 amide bonds. The Morgan fingerprint density at radius 1 is 1.33 bits per heavy atom. The highest BCUT2D eigenvalue weighted by Crippen LogP contribution is 2.33. The first-order valence-corrected chi connectivity index (χ1v) is 4.62. The molecule has 1 aromatic rings. The van der Waals surface area contributed by atoms with Gasteiger partial charge in [-0.25, -0.2) is 0 Å². The van der Waals surface area contributed by atoms with Crippen molar-refractivity contribution in [1.82, 2.24) is 0 Å². The van der Waals surface area contributed by atoms with Crippen molar-refractivity contribution in [2.45, 2.75) is 20.0 Å². The molecule has 0 aliphatic rings. The van der Waals surface area contributed by atoms with Crippen LogP contribution in [0.25, 0.3) is 0 Å². The number of carboxylic acid groups (broad SMARTS) is 1. The van der Waals surface area contributed by atoms with Crippen molar-refractivity contribution in [1.29, 1.82) is 0 Å². The Kier molecular flexibility index (Phi) is 3.00. The highest BCUT2D eigenvalue weighted by molar-refractivity contribution is 5.74. The fourth-order valence-electron chi connectivity index (χ4n) is 1.21. The number of anilines is 1. The molecule has 1 rings (SSSR count). The molecule has 15 heavy (non-hydrogen) atoms. The van der Waals surface area contributed by atoms with Gasteiger partial charge in [0.05, 0.1) is 11.5 Å². The van der Waals surface area contributed by atoms with Crippen LogP contribution >= 0.6 is 0 Å². The molecule has 0 saturated carbocycles. The monoisotopic (exact) mass is 209 g/mol. The van der Waals surface area contributed by atoms with Gasteiger partial charge in [0.1, 0.15) is 0 Å². The van der Waals surface area contributed by atoms with Crippen molar-refractivity contribution in [3.8, 4) is 0 Å². The number of aliphatic hydroxyl groups excluding tert-OH is 1. The van der Waals surface area contributed by atoms with E-state index in [2.05, 4.69) is 0 Å². The number of hydrogen-bond donors (Lipinski definition) is 3. The molecule has 0 bridgehead atoms. The molecule has 4 heteroatoms. The van der Waals surface area contributed by atoms with E-state index in [0.29, 0.717) is 11.3 Å². The molecule has 0 aromatic heterocycles. The summed E-state index contributed by atoms with van der Waals surface area (Å²) >= 11 is 0. The van der Waals surface area contributed by atoms with Gasteiger partial charge in [-0.05, 0) is 31.5 Å². The van der Waals surface area contributed by atoms with Crippen LogP contribution in [-0.2, 0) is 4.79 Å². The van der Waals surface area contributed by atoms with Crippen LogP contribution in [0, 0.1) is 5.41 Å². The van der Waals surface area contributed by atoms with Crippen molar-refractivity contribution in [3.63, 3.8) is 0 Å². The Morgan fingerprint density at radius 2 is 1.80 bits per heavy atom. The average molecular weight is 209 g/mol. The highest BCUT2D eigenvalue weighted by atomic mass is 16.4. The number of nitrogen functional groups attached to an aromatic ring is 1. The van der Waals surface area contributed by atoms with E-state index in [9.17, 15) is 9.90 Å². The van der Waals surface area contributed by atoms with Gasteiger partial charge in [0.15, 0.2) is 0 Å². The lowest BCUT2D eigenvalue weighted by atomic mass is 9.83. The summed E-state index contributed by atoms with van der Waals surface area (Å²) in [6.07, 6.45) is -1.05. The van der Waals surface area contributed by atoms with Crippen LogP contribution in [-0.4, -0.2) is 16.2 Å². The molecule has 1 aromatic carbocycles. The van der Waals surface area contributed by atoms with Crippen LogP contribution in [0.4, 0.5) is 5.69 Å². The first-order chi connectivity index (χ1) is 6.85. The van der Waals surface area contributed by atoms with E-state index in [1.54, 1.807) is 24.3 Å². The van der Waals surface area contributed by atoms with E-state index in [1.807, 2.05) is 0 Å². The number of benzene rings is 1. The van der Waals surface area contributed by atoms with E-state index in [1.165, 1.54) is 13.8 Å². The molecule has 1 unspecified atom stereocenters. The van der Waals surface area contributed by atoms with Crippen LogP contribution < -0.4 is 5.73 Å². The van der Waals surface area contributed by atoms with Crippen molar-refractivity contribution in [2.24, 2.45) is 5.41 Å². The quantitative estimate of drug-likeness (QED) is 0.657. The lowest BCUT2D eigenvalue weighted by molar-refractivity contribution is -0.153. The minimum Gasteiger partial charge on any atom is -0.481 e. The number of aliphatic hydroxyl groups is 1. The van der Waals surface area contributed by atoms with E-state index >= 15 is 0 Å². The van der Waals surface area contributed by atoms with Crippen LogP contribution in [0.5, 0.6) is 0 Å². The normalized spacial score (nSPS) is 13.5. The predicted octanol–water partition coefficient (Wildman–Crippen LogP) is 1.41. The first kappa shape index (κ1) is 11.5. The van der Waals surface area contributed by atoms with Gasteiger partial charge in [-0.15, -0.1) is 0 Å². The van der Waals surface area contributed by atoms with Gasteiger partial charge in [-0.2, -0.15) is 0 Å². The largest absolute Gasteiger partial charge is 0.481 e. The van der Waals surface area contributed by atoms with Crippen molar-refractivity contribution >= 4 is 11.7 Å². The fourth-order valence-corrected chi connectivity index (χ4v) is 1.21. The molecular weight excluding hydrogens is 194 g/mol. The van der Waals surface area contributed by atoms with Crippen LogP contribution in [0.15, 0.2) is 24.3 Å². The van der Waals surface area contributed by atoms with Gasteiger partial charge in [0.25, 0.3) is 0 Å². The third-order valence-electron chi connectivity index (χ3n) is 2.49. The van der Waals surface area contributed by atoms with E-state index in [-0.39, 0.29) is 0 Å². The summed E-state index contributed by atoms with van der Waals surface area (Å²) in [7, 11) is 0. The Hall–Kier alpha value is -1.55. The topological polar surface area (TPSA) is 83.5 Å². The number of rotatable bonds is 3. The van der Waals surface area contributed by atoms with Crippen LogP contribution in [0.1, 0.15) is 25.5 Å². The summed E-state index contributed by atoms with van der Waals surface area (Å²) in [6.45, 7) is 2.96. The number of hydrogen-bond acceptors (Lipinski definition) is 3. The maximum absolute atomic E-state index is 10.9. The zero-order valence-electron chi connectivity index (χ0n) is 8.77. The molecule has 0 heterocycles. The first-order valence-electron chi connectivity index (χ1n) is 4.62. The lowest BCUT2D eigenvalue weighted by Gasteiger charge is -2.26. The van der Waals surface area contributed by atoms with Crippen molar-refractivity contribution < 1.29 is 15.0 Å². The zero-order valence-corrected chi connectivity index (χ0v) is 8.77. The summed E-state index contributed by atoms with van der Waals surface area (Å²) in [5, 5.41) is 18.8. The van der Waals surface area contributed by atoms with Gasteiger partial charge >= 0.3 is 5.97 Å². The van der Waals surface area contributed by atoms with Crippen LogP contribution in [0.3, 0.4) is 0 Å². The Morgan fingerprint density at radius 3 is 2.20 bits per heavy atom. The molecular formula is C11H15NO3. The maximum Gasteiger partial charge on any atom is 0.312 e. The van der Waals surface area contributed by atoms with Gasteiger partial charge in [0.2, 0.25) is 0 Å². The third kappa shape index (κ3) is 2.27. The zero-order chi connectivity index (χ0) is 11.6. The van der Waals surface area contributed by atoms with E-state index in [4.69, 9.17) is 10.8 Å². The SMILES string of the molecule is CC(C)(C(=O)O)C(O)c1ccc(N)cc1. The molecule has 0 aliphatic heterocycles. The summed E-state index contributed by atoms with van der Waals surface area (Å²) in [6, 6.07) is 6.53. The maximum atomic E-state index is 10.9. The summed E-state index contributed by atoms with van der Waals surface area (Å²) in [5.74, 6) is -1.04. The molecule has 0 fully saturated rings. The Bertz CT molecular complexity index is 357. The highest BCUT2D eigenvalue weighted by Gasteiger charge is 2.36. The fraction of sp³-hybridized carbons (Fsp3) is 0.364.